The standard InChI is InChI=1S/C17H20BF2NO2/c1-16(2)17(3,4)23-18(22-16)12-9-11(13(19)10-14(12)20)15-7-5-6-8-21-15/h5-7,9-10,21H,8H2,1-4H3. The van der Waals surface area contributed by atoms with Crippen LogP contribution in [-0.4, -0.2) is 24.9 Å². The van der Waals surface area contributed by atoms with E-state index in [1.54, 1.807) is 6.08 Å². The Morgan fingerprint density at radius 1 is 1.04 bits per heavy atom. The molecule has 0 aliphatic carbocycles. The van der Waals surface area contributed by atoms with E-state index < -0.39 is 30.0 Å². The Kier molecular flexibility index (Phi) is 3.85. The van der Waals surface area contributed by atoms with E-state index in [-0.39, 0.29) is 5.46 Å². The van der Waals surface area contributed by atoms with Gasteiger partial charge in [-0.2, -0.15) is 0 Å². The highest BCUT2D eigenvalue weighted by Gasteiger charge is 2.52. The molecule has 0 amide bonds. The van der Waals surface area contributed by atoms with Gasteiger partial charge < -0.3 is 14.6 Å². The van der Waals surface area contributed by atoms with Gasteiger partial charge in [-0.15, -0.1) is 0 Å². The van der Waals surface area contributed by atoms with Crippen LogP contribution in [0.1, 0.15) is 33.3 Å². The summed E-state index contributed by atoms with van der Waals surface area (Å²) in [5.41, 5.74) is -0.0337. The average molecular weight is 319 g/mol. The summed E-state index contributed by atoms with van der Waals surface area (Å²) in [6.07, 6.45) is 5.51. The molecule has 23 heavy (non-hydrogen) atoms. The second-order valence-electron chi connectivity index (χ2n) is 6.83. The lowest BCUT2D eigenvalue weighted by Gasteiger charge is -2.32. The molecule has 1 N–H and O–H groups in total. The molecule has 0 bridgehead atoms. The molecule has 0 aromatic heterocycles. The molecule has 0 unspecified atom stereocenters. The monoisotopic (exact) mass is 319 g/mol. The van der Waals surface area contributed by atoms with Crippen molar-refractivity contribution in [2.45, 2.75) is 38.9 Å². The maximum Gasteiger partial charge on any atom is 0.497 e. The van der Waals surface area contributed by atoms with Gasteiger partial charge in [0.2, 0.25) is 0 Å². The number of hydrogen-bond acceptors (Lipinski definition) is 3. The topological polar surface area (TPSA) is 30.5 Å². The minimum atomic E-state index is -0.862. The van der Waals surface area contributed by atoms with Crippen LogP contribution < -0.4 is 10.8 Å². The zero-order valence-corrected chi connectivity index (χ0v) is 13.7. The van der Waals surface area contributed by atoms with Crippen LogP contribution in [0.3, 0.4) is 0 Å². The number of hydrogen-bond donors (Lipinski definition) is 1. The lowest BCUT2D eigenvalue weighted by atomic mass is 9.77. The molecule has 1 fully saturated rings. The fraction of sp³-hybridized carbons (Fsp3) is 0.412. The van der Waals surface area contributed by atoms with E-state index in [9.17, 15) is 8.78 Å². The van der Waals surface area contributed by atoms with E-state index in [0.717, 1.165) is 6.07 Å². The van der Waals surface area contributed by atoms with Crippen molar-refractivity contribution in [2.24, 2.45) is 0 Å². The van der Waals surface area contributed by atoms with Crippen LogP contribution in [0.15, 0.2) is 30.4 Å². The van der Waals surface area contributed by atoms with Crippen molar-refractivity contribution in [3.05, 3.63) is 47.6 Å². The molecule has 122 valence electrons. The minimum absolute atomic E-state index is 0.206. The highest BCUT2D eigenvalue weighted by molar-refractivity contribution is 6.62. The van der Waals surface area contributed by atoms with Gasteiger partial charge in [-0.3, -0.25) is 0 Å². The van der Waals surface area contributed by atoms with Crippen molar-refractivity contribution < 1.29 is 18.1 Å². The number of halogens is 2. The van der Waals surface area contributed by atoms with Gasteiger partial charge in [0.1, 0.15) is 11.6 Å². The summed E-state index contributed by atoms with van der Waals surface area (Å²) in [6.45, 7) is 8.18. The summed E-state index contributed by atoms with van der Waals surface area (Å²) < 4.78 is 40.2. The van der Waals surface area contributed by atoms with E-state index >= 15 is 0 Å². The molecule has 1 saturated heterocycles. The minimum Gasteiger partial charge on any atom is -0.399 e. The Morgan fingerprint density at radius 2 is 1.70 bits per heavy atom. The molecular weight excluding hydrogens is 299 g/mol. The Balaban J connectivity index is 2.01. The molecule has 2 heterocycles. The first-order chi connectivity index (χ1) is 10.7. The molecule has 6 heteroatoms. The normalized spacial score (nSPS) is 22.0. The zero-order valence-electron chi connectivity index (χ0n) is 13.7. The van der Waals surface area contributed by atoms with E-state index in [0.29, 0.717) is 17.8 Å². The first-order valence-corrected chi connectivity index (χ1v) is 7.67. The molecule has 3 rings (SSSR count). The van der Waals surface area contributed by atoms with Crippen molar-refractivity contribution in [3.63, 3.8) is 0 Å². The Bertz CT molecular complexity index is 682. The lowest BCUT2D eigenvalue weighted by Crippen LogP contribution is -2.41. The Morgan fingerprint density at radius 3 is 2.26 bits per heavy atom. The van der Waals surface area contributed by atoms with Crippen LogP contribution in [-0.2, 0) is 9.31 Å². The number of nitrogens with one attached hydrogen (secondary N) is 1. The smallest absolute Gasteiger partial charge is 0.399 e. The molecule has 1 aromatic carbocycles. The van der Waals surface area contributed by atoms with E-state index in [4.69, 9.17) is 9.31 Å². The van der Waals surface area contributed by atoms with Crippen molar-refractivity contribution in [1.82, 2.24) is 5.32 Å². The van der Waals surface area contributed by atoms with Crippen LogP contribution >= 0.6 is 0 Å². The molecule has 0 atom stereocenters. The van der Waals surface area contributed by atoms with Gasteiger partial charge >= 0.3 is 7.12 Å². The molecule has 2 aliphatic rings. The fourth-order valence-corrected chi connectivity index (χ4v) is 2.57. The number of dihydropyridines is 1. The SMILES string of the molecule is CC1(C)OB(c2cc(C3=CC=CCN3)c(F)cc2F)OC1(C)C. The number of rotatable bonds is 2. The first-order valence-electron chi connectivity index (χ1n) is 7.67. The van der Waals surface area contributed by atoms with Gasteiger partial charge in [-0.25, -0.2) is 8.78 Å². The maximum atomic E-state index is 14.3. The van der Waals surface area contributed by atoms with Crippen LogP contribution in [0.25, 0.3) is 5.70 Å². The Labute approximate surface area is 135 Å². The van der Waals surface area contributed by atoms with Crippen LogP contribution in [0.5, 0.6) is 0 Å². The summed E-state index contributed by atoms with van der Waals surface area (Å²) >= 11 is 0. The summed E-state index contributed by atoms with van der Waals surface area (Å²) in [7, 11) is -0.862. The molecule has 3 nitrogen and oxygen atoms in total. The van der Waals surface area contributed by atoms with E-state index in [1.807, 2.05) is 39.8 Å². The van der Waals surface area contributed by atoms with Gasteiger partial charge in [0.05, 0.1) is 11.2 Å². The number of benzene rings is 1. The van der Waals surface area contributed by atoms with Gasteiger partial charge in [-0.1, -0.05) is 12.2 Å². The fourth-order valence-electron chi connectivity index (χ4n) is 2.57. The van der Waals surface area contributed by atoms with Crippen molar-refractivity contribution in [2.75, 3.05) is 6.54 Å². The lowest BCUT2D eigenvalue weighted by molar-refractivity contribution is 0.00578. The van der Waals surface area contributed by atoms with Gasteiger partial charge in [0, 0.05) is 29.3 Å². The quantitative estimate of drug-likeness (QED) is 0.851. The van der Waals surface area contributed by atoms with Crippen molar-refractivity contribution in [3.8, 4) is 0 Å². The van der Waals surface area contributed by atoms with Crippen LogP contribution in [0, 0.1) is 11.6 Å². The van der Waals surface area contributed by atoms with Crippen molar-refractivity contribution in [1.29, 1.82) is 0 Å². The van der Waals surface area contributed by atoms with Gasteiger partial charge in [0.15, 0.2) is 0 Å². The third kappa shape index (κ3) is 2.81. The van der Waals surface area contributed by atoms with Crippen molar-refractivity contribution >= 4 is 18.3 Å². The third-order valence-electron chi connectivity index (χ3n) is 4.69. The number of allylic oxidation sites excluding steroid dienone is 2. The highest BCUT2D eigenvalue weighted by Crippen LogP contribution is 2.36. The molecule has 2 aliphatic heterocycles. The second-order valence-corrected chi connectivity index (χ2v) is 6.83. The van der Waals surface area contributed by atoms with Gasteiger partial charge in [-0.05, 0) is 39.8 Å². The Hall–Kier alpha value is -1.66. The molecule has 0 spiro atoms. The predicted octanol–water partition coefficient (Wildman–Crippen LogP) is 2.76. The predicted molar refractivity (Wildman–Crippen MR) is 87.2 cm³/mol. The van der Waals surface area contributed by atoms with Crippen LogP contribution in [0.4, 0.5) is 8.78 Å². The zero-order chi connectivity index (χ0) is 16.8. The maximum absolute atomic E-state index is 14.3. The van der Waals surface area contributed by atoms with Gasteiger partial charge in [0.25, 0.3) is 0 Å². The van der Waals surface area contributed by atoms with E-state index in [2.05, 4.69) is 5.32 Å². The molecular formula is C17H20BF2NO2. The first kappa shape index (κ1) is 16.2. The molecule has 1 aromatic rings. The van der Waals surface area contributed by atoms with E-state index in [1.165, 1.54) is 6.07 Å². The summed E-state index contributed by atoms with van der Waals surface area (Å²) in [4.78, 5) is 0. The summed E-state index contributed by atoms with van der Waals surface area (Å²) in [6, 6.07) is 2.35. The highest BCUT2D eigenvalue weighted by atomic mass is 19.1. The molecule has 0 radical (unpaired) electrons. The second kappa shape index (κ2) is 5.46. The third-order valence-corrected chi connectivity index (χ3v) is 4.69. The summed E-state index contributed by atoms with van der Waals surface area (Å²) in [5.74, 6) is -1.28. The van der Waals surface area contributed by atoms with Crippen LogP contribution in [0.2, 0.25) is 0 Å². The summed E-state index contributed by atoms with van der Waals surface area (Å²) in [5, 5.41) is 3.08. The largest absolute Gasteiger partial charge is 0.497 e. The average Bonchev–Trinajstić information content (AvgIpc) is 2.68. The molecule has 0 saturated carbocycles.